The lowest BCUT2D eigenvalue weighted by Gasteiger charge is -1.71. The Morgan fingerprint density at radius 2 is 1.46 bits per heavy atom. The third-order valence-electron chi connectivity index (χ3n) is 0.498. The van der Waals surface area contributed by atoms with Crippen LogP contribution in [0.3, 0.4) is 0 Å². The number of carbonyl (C=O) groups excluding carboxylic acids is 2. The van der Waals surface area contributed by atoms with Crippen LogP contribution in [0.2, 0.25) is 0 Å². The number of hydrogen-bond acceptors (Lipinski definition) is 3. The van der Waals surface area contributed by atoms with Gasteiger partial charge >= 0.3 is 0 Å². The van der Waals surface area contributed by atoms with Crippen LogP contribution >= 0.6 is 0 Å². The number of ketones is 1. The Kier molecular flexibility index (Phi) is 76.1. The van der Waals surface area contributed by atoms with E-state index in [1.54, 1.807) is 21.1 Å². The first kappa shape index (κ1) is 22.7. The monoisotopic (exact) mass is 193 g/mol. The van der Waals surface area contributed by atoms with Gasteiger partial charge in [0.25, 0.3) is 0 Å². The number of methoxy groups -OCH3 is 1. The number of Topliss-reactive ketones (excluding diaryl/α,β-unsaturated/α-hetero) is 1. The van der Waals surface area contributed by atoms with Crippen molar-refractivity contribution in [3.63, 3.8) is 0 Å². The summed E-state index contributed by atoms with van der Waals surface area (Å²) in [7, 11) is 3.25. The number of amides is 1. The Balaban J connectivity index is -0.0000000446. The molecule has 1 amide bonds. The molecule has 2 N–H and O–H groups in total. The second-order valence-electron chi connectivity index (χ2n) is 1.60. The normalized spacial score (nSPS) is 5.69. The molecule has 4 heteroatoms. The van der Waals surface area contributed by atoms with Gasteiger partial charge in [0, 0.05) is 20.6 Å². The van der Waals surface area contributed by atoms with E-state index >= 15 is 0 Å². The summed E-state index contributed by atoms with van der Waals surface area (Å²) >= 11 is 0. The second-order valence-corrected chi connectivity index (χ2v) is 1.60. The highest BCUT2D eigenvalue weighted by atomic mass is 16.4. The van der Waals surface area contributed by atoms with Gasteiger partial charge in [0.15, 0.2) is 0 Å². The van der Waals surface area contributed by atoms with E-state index < -0.39 is 0 Å². The van der Waals surface area contributed by atoms with Crippen molar-refractivity contribution >= 4 is 12.2 Å². The van der Waals surface area contributed by atoms with Crippen LogP contribution in [-0.4, -0.2) is 26.4 Å². The minimum atomic E-state index is 0.250. The van der Waals surface area contributed by atoms with E-state index in [9.17, 15) is 4.79 Å². The molecule has 0 heterocycles. The maximum absolute atomic E-state index is 9.81. The summed E-state index contributed by atoms with van der Waals surface area (Å²) in [5.41, 5.74) is 4.17. The lowest BCUT2D eigenvalue weighted by Crippen LogP contribution is -1.82. The van der Waals surface area contributed by atoms with Crippen LogP contribution in [0.4, 0.5) is 0 Å². The van der Waals surface area contributed by atoms with Crippen molar-refractivity contribution in [1.82, 2.24) is 0 Å². The number of hydrogen-bond donors (Lipinski definition) is 1. The maximum Gasteiger partial charge on any atom is 0.204 e. The fourth-order valence-electron chi connectivity index (χ4n) is 0. The molecular formula is C9H23NO3. The van der Waals surface area contributed by atoms with Gasteiger partial charge in [0.1, 0.15) is 5.78 Å². The quantitative estimate of drug-likeness (QED) is 0.639. The van der Waals surface area contributed by atoms with Crippen LogP contribution in [0.25, 0.3) is 0 Å². The van der Waals surface area contributed by atoms with Gasteiger partial charge in [-0.25, -0.2) is 0 Å². The Morgan fingerprint density at radius 3 is 1.46 bits per heavy atom. The number of primary amides is 1. The molecule has 0 aliphatic carbocycles. The largest absolute Gasteiger partial charge is 0.388 e. The minimum Gasteiger partial charge on any atom is -0.388 e. The topological polar surface area (TPSA) is 69.4 Å². The van der Waals surface area contributed by atoms with Crippen LogP contribution in [0.1, 0.15) is 34.1 Å². The molecule has 0 saturated heterocycles. The van der Waals surface area contributed by atoms with Crippen molar-refractivity contribution in [3.8, 4) is 0 Å². The first-order valence-corrected chi connectivity index (χ1v) is 4.15. The third-order valence-corrected chi connectivity index (χ3v) is 0.498. The predicted octanol–water partition coefficient (Wildman–Crippen LogP) is 1.38. The zero-order chi connectivity index (χ0) is 11.7. The number of rotatable bonds is 1. The van der Waals surface area contributed by atoms with Crippen LogP contribution in [0.15, 0.2) is 0 Å². The first-order chi connectivity index (χ1) is 6.10. The summed E-state index contributed by atoms with van der Waals surface area (Å²) in [6.45, 7) is 7.43. The molecule has 82 valence electrons. The summed E-state index contributed by atoms with van der Waals surface area (Å²) in [5, 5.41) is 0. The Morgan fingerprint density at radius 1 is 1.38 bits per heavy atom. The molecule has 0 fully saturated rings. The molecule has 0 aromatic carbocycles. The van der Waals surface area contributed by atoms with Gasteiger partial charge in [-0.2, -0.15) is 0 Å². The molecule has 0 unspecified atom stereocenters. The van der Waals surface area contributed by atoms with E-state index in [-0.39, 0.29) is 12.2 Å². The molecule has 0 atom stereocenters. The molecule has 0 saturated carbocycles. The number of nitrogens with two attached hydrogens (primary N) is 1. The zero-order valence-corrected chi connectivity index (χ0v) is 9.59. The molecule has 0 aliphatic rings. The fraction of sp³-hybridized carbons (Fsp3) is 0.778. The summed E-state index contributed by atoms with van der Waals surface area (Å²) in [5.74, 6) is 0.255. The Hall–Kier alpha value is -0.900. The van der Waals surface area contributed by atoms with Gasteiger partial charge in [-0.15, -0.1) is 0 Å². The molecule has 13 heavy (non-hydrogen) atoms. The van der Waals surface area contributed by atoms with Gasteiger partial charge in [-0.1, -0.05) is 20.8 Å². The molecule has 0 aliphatic heterocycles. The number of ether oxygens (including phenoxy) is 1. The van der Waals surface area contributed by atoms with E-state index in [2.05, 4.69) is 10.5 Å². The van der Waals surface area contributed by atoms with Crippen LogP contribution in [0.5, 0.6) is 0 Å². The Labute approximate surface area is 81.5 Å². The van der Waals surface area contributed by atoms with E-state index in [4.69, 9.17) is 4.79 Å². The molecule has 0 spiro atoms. The minimum absolute atomic E-state index is 0.250. The highest BCUT2D eigenvalue weighted by Gasteiger charge is 1.76. The van der Waals surface area contributed by atoms with Crippen molar-refractivity contribution in [2.75, 3.05) is 14.2 Å². The van der Waals surface area contributed by atoms with Gasteiger partial charge < -0.3 is 15.3 Å². The fourth-order valence-corrected chi connectivity index (χ4v) is 0. The van der Waals surface area contributed by atoms with Crippen molar-refractivity contribution in [2.45, 2.75) is 34.1 Å². The first-order valence-electron chi connectivity index (χ1n) is 4.15. The Bertz CT molecular complexity index is 84.9. The maximum atomic E-state index is 9.81. The highest BCUT2D eigenvalue weighted by Crippen LogP contribution is 1.71. The standard InChI is InChI=1S/C4H8O.C2H6O.C2H6.CH3NO/c1-3-4(2)5;1-3-2;1-2;2-1-3/h3H2,1-2H3;1-2H3;1-2H3;1H,(H2,2,3). The summed E-state index contributed by atoms with van der Waals surface area (Å²) in [6.07, 6.45) is 0.917. The van der Waals surface area contributed by atoms with Gasteiger partial charge in [0.2, 0.25) is 6.41 Å². The van der Waals surface area contributed by atoms with Crippen LogP contribution in [-0.2, 0) is 14.3 Å². The van der Waals surface area contributed by atoms with Crippen LogP contribution < -0.4 is 5.73 Å². The van der Waals surface area contributed by atoms with E-state index in [1.165, 1.54) is 0 Å². The predicted molar refractivity (Wildman–Crippen MR) is 55.5 cm³/mol. The average molecular weight is 193 g/mol. The van der Waals surface area contributed by atoms with Crippen molar-refractivity contribution in [2.24, 2.45) is 5.73 Å². The molecule has 0 radical (unpaired) electrons. The van der Waals surface area contributed by atoms with Crippen molar-refractivity contribution in [3.05, 3.63) is 0 Å². The third kappa shape index (κ3) is 760. The SMILES string of the molecule is CC.CCC(C)=O.COC.NC=O. The molecule has 4 nitrogen and oxygen atoms in total. The van der Waals surface area contributed by atoms with Crippen molar-refractivity contribution in [1.29, 1.82) is 0 Å². The molecule has 0 aromatic rings. The summed E-state index contributed by atoms with van der Waals surface area (Å²) < 4.78 is 4.25. The van der Waals surface area contributed by atoms with Gasteiger partial charge in [-0.05, 0) is 6.92 Å². The van der Waals surface area contributed by atoms with Gasteiger partial charge in [-0.3, -0.25) is 4.79 Å². The summed E-state index contributed by atoms with van der Waals surface area (Å²) in [6, 6.07) is 0. The molecule has 0 rings (SSSR count). The second kappa shape index (κ2) is 43.5. The van der Waals surface area contributed by atoms with E-state index in [1.807, 2.05) is 20.8 Å². The van der Waals surface area contributed by atoms with E-state index in [0.717, 1.165) is 0 Å². The molecular weight excluding hydrogens is 170 g/mol. The smallest absolute Gasteiger partial charge is 0.204 e. The highest BCUT2D eigenvalue weighted by molar-refractivity contribution is 5.74. The van der Waals surface area contributed by atoms with Crippen LogP contribution in [0, 0.1) is 0 Å². The summed E-state index contributed by atoms with van der Waals surface area (Å²) in [4.78, 5) is 18.4. The molecule has 0 bridgehead atoms. The zero-order valence-electron chi connectivity index (χ0n) is 9.59. The lowest BCUT2D eigenvalue weighted by molar-refractivity contribution is -0.116. The average Bonchev–Trinajstić information content (AvgIpc) is 2.11. The van der Waals surface area contributed by atoms with Crippen molar-refractivity contribution < 1.29 is 14.3 Å². The number of carbonyl (C=O) groups is 2. The lowest BCUT2D eigenvalue weighted by atomic mass is 10.4. The van der Waals surface area contributed by atoms with Gasteiger partial charge in [0.05, 0.1) is 0 Å². The molecule has 0 aromatic heterocycles. The van der Waals surface area contributed by atoms with E-state index in [0.29, 0.717) is 6.42 Å².